The Morgan fingerprint density at radius 1 is 1.13 bits per heavy atom. The van der Waals surface area contributed by atoms with E-state index in [0.717, 1.165) is 18.6 Å². The molecule has 3 N–H and O–H groups in total. The van der Waals surface area contributed by atoms with Gasteiger partial charge in [0.25, 0.3) is 0 Å². The fourth-order valence-corrected chi connectivity index (χ4v) is 9.76. The Kier molecular flexibility index (Phi) is 8.09. The molecule has 8 nitrogen and oxygen atoms in total. The van der Waals surface area contributed by atoms with Crippen LogP contribution in [-0.4, -0.2) is 68.6 Å². The molecule has 0 radical (unpaired) electrons. The van der Waals surface area contributed by atoms with E-state index in [1.807, 2.05) is 32.9 Å². The smallest absolute Gasteiger partial charge is 0.244 e. The minimum atomic E-state index is -0.684. The molecular weight excluding hydrogens is 514 g/mol. The number of rotatable bonds is 10. The highest BCUT2D eigenvalue weighted by atomic mass is 32.2. The van der Waals surface area contributed by atoms with Gasteiger partial charge in [0, 0.05) is 29.1 Å². The van der Waals surface area contributed by atoms with Crippen LogP contribution in [0.3, 0.4) is 0 Å². The lowest BCUT2D eigenvalue weighted by Gasteiger charge is -2.38. The highest BCUT2D eigenvalue weighted by Gasteiger charge is 2.77. The van der Waals surface area contributed by atoms with Crippen molar-refractivity contribution in [2.75, 3.05) is 25.1 Å². The van der Waals surface area contributed by atoms with E-state index in [1.165, 1.54) is 0 Å². The minimum Gasteiger partial charge on any atom is -0.494 e. The standard InChI is InChI=1S/C30H45N3O5S/c1-8-38-20-12-10-19(11-13-20)31-24(35)21-22-26(37)33(16-9-17-34)23(30(22)15-14-29(21,7)39-30)25(36)32-28(5,6)18-27(2,3)4/h10-13,21-23,34H,8-9,14-18H2,1-7H3,(H,31,35)(H,32,36)/t21-,22-,23?,29+,30?/m0/s1. The molecule has 0 aromatic heterocycles. The summed E-state index contributed by atoms with van der Waals surface area (Å²) in [6.45, 7) is 15.2. The largest absolute Gasteiger partial charge is 0.494 e. The third-order valence-corrected chi connectivity index (χ3v) is 10.2. The van der Waals surface area contributed by atoms with E-state index in [1.54, 1.807) is 28.8 Å². The van der Waals surface area contributed by atoms with Gasteiger partial charge < -0.3 is 25.4 Å². The molecule has 2 unspecified atom stereocenters. The number of likely N-dealkylation sites (tertiary alicyclic amines) is 1. The van der Waals surface area contributed by atoms with Crippen molar-refractivity contribution in [3.8, 4) is 5.75 Å². The van der Waals surface area contributed by atoms with Gasteiger partial charge in [0.1, 0.15) is 11.8 Å². The molecule has 3 aliphatic rings. The van der Waals surface area contributed by atoms with E-state index in [0.29, 0.717) is 25.1 Å². The predicted molar refractivity (Wildman–Crippen MR) is 155 cm³/mol. The van der Waals surface area contributed by atoms with Crippen molar-refractivity contribution in [1.29, 1.82) is 0 Å². The zero-order valence-corrected chi connectivity index (χ0v) is 25.2. The summed E-state index contributed by atoms with van der Waals surface area (Å²) in [6, 6.07) is 6.55. The van der Waals surface area contributed by atoms with Crippen molar-refractivity contribution in [3.05, 3.63) is 24.3 Å². The number of anilines is 1. The monoisotopic (exact) mass is 559 g/mol. The predicted octanol–water partition coefficient (Wildman–Crippen LogP) is 4.22. The summed E-state index contributed by atoms with van der Waals surface area (Å²) in [4.78, 5) is 43.6. The Bertz CT molecular complexity index is 1100. The summed E-state index contributed by atoms with van der Waals surface area (Å²) >= 11 is 1.66. The Labute approximate surface area is 237 Å². The van der Waals surface area contributed by atoms with Crippen molar-refractivity contribution < 1.29 is 24.2 Å². The first-order valence-electron chi connectivity index (χ1n) is 14.1. The highest BCUT2D eigenvalue weighted by molar-refractivity contribution is 8.02. The SMILES string of the molecule is CCOc1ccc(NC(=O)[C@@H]2[C@H]3C(=O)N(CCCO)C(C(=O)NC(C)(C)CC(C)(C)C)C34CC[C@@]2(C)S4)cc1. The van der Waals surface area contributed by atoms with Crippen molar-refractivity contribution in [2.24, 2.45) is 17.3 Å². The summed E-state index contributed by atoms with van der Waals surface area (Å²) in [5, 5.41) is 15.9. The van der Waals surface area contributed by atoms with Crippen LogP contribution in [0.25, 0.3) is 0 Å². The number of nitrogens with one attached hydrogen (secondary N) is 2. The Hall–Kier alpha value is -2.26. The van der Waals surface area contributed by atoms with Gasteiger partial charge in [-0.05, 0) is 83.1 Å². The summed E-state index contributed by atoms with van der Waals surface area (Å²) in [5.41, 5.74) is 0.193. The van der Waals surface area contributed by atoms with Gasteiger partial charge in [-0.25, -0.2) is 0 Å². The van der Waals surface area contributed by atoms with E-state index < -0.39 is 32.9 Å². The van der Waals surface area contributed by atoms with Gasteiger partial charge in [0.15, 0.2) is 0 Å². The molecule has 3 amide bonds. The van der Waals surface area contributed by atoms with Crippen LogP contribution in [0, 0.1) is 17.3 Å². The van der Waals surface area contributed by atoms with Crippen molar-refractivity contribution >= 4 is 35.2 Å². The average molecular weight is 560 g/mol. The van der Waals surface area contributed by atoms with Crippen molar-refractivity contribution in [1.82, 2.24) is 10.2 Å². The van der Waals surface area contributed by atoms with Gasteiger partial charge >= 0.3 is 0 Å². The Morgan fingerprint density at radius 3 is 2.38 bits per heavy atom. The number of thioether (sulfide) groups is 1. The van der Waals surface area contributed by atoms with Crippen LogP contribution in [-0.2, 0) is 14.4 Å². The van der Waals surface area contributed by atoms with Crippen LogP contribution in [0.4, 0.5) is 5.69 Å². The van der Waals surface area contributed by atoms with Crippen LogP contribution < -0.4 is 15.4 Å². The summed E-state index contributed by atoms with van der Waals surface area (Å²) < 4.78 is 4.39. The number of hydrogen-bond donors (Lipinski definition) is 3. The van der Waals surface area contributed by atoms with Crippen LogP contribution in [0.15, 0.2) is 24.3 Å². The lowest BCUT2D eigenvalue weighted by atomic mass is 9.66. The van der Waals surface area contributed by atoms with Crippen LogP contribution in [0.5, 0.6) is 5.75 Å². The van der Waals surface area contributed by atoms with E-state index in [4.69, 9.17) is 4.74 Å². The topological polar surface area (TPSA) is 108 Å². The molecule has 39 heavy (non-hydrogen) atoms. The maximum Gasteiger partial charge on any atom is 0.244 e. The number of fused-ring (bicyclic) bond motifs is 1. The van der Waals surface area contributed by atoms with Gasteiger partial charge in [-0.2, -0.15) is 0 Å². The average Bonchev–Trinajstić information content (AvgIpc) is 3.37. The quantitative estimate of drug-likeness (QED) is 0.396. The third-order valence-electron chi connectivity index (χ3n) is 8.23. The van der Waals surface area contributed by atoms with Crippen LogP contribution in [0.1, 0.15) is 74.1 Å². The van der Waals surface area contributed by atoms with Crippen LogP contribution in [0.2, 0.25) is 0 Å². The van der Waals surface area contributed by atoms with Crippen molar-refractivity contribution in [3.63, 3.8) is 0 Å². The molecule has 0 saturated carbocycles. The van der Waals surface area contributed by atoms with E-state index >= 15 is 0 Å². The fraction of sp³-hybridized carbons (Fsp3) is 0.700. The van der Waals surface area contributed by atoms with Crippen molar-refractivity contribution in [2.45, 2.75) is 95.2 Å². The van der Waals surface area contributed by atoms with E-state index in [-0.39, 0.29) is 36.3 Å². The molecule has 2 bridgehead atoms. The molecule has 1 spiro atoms. The van der Waals surface area contributed by atoms with Gasteiger partial charge in [-0.1, -0.05) is 20.8 Å². The molecule has 0 aliphatic carbocycles. The zero-order valence-electron chi connectivity index (χ0n) is 24.4. The second kappa shape index (κ2) is 10.6. The first-order valence-corrected chi connectivity index (χ1v) is 15.0. The maximum atomic E-state index is 14.1. The van der Waals surface area contributed by atoms with E-state index in [2.05, 4.69) is 38.3 Å². The maximum absolute atomic E-state index is 14.1. The third kappa shape index (κ3) is 5.67. The molecule has 3 aliphatic heterocycles. The lowest BCUT2D eigenvalue weighted by molar-refractivity contribution is -0.140. The van der Waals surface area contributed by atoms with E-state index in [9.17, 15) is 19.5 Å². The number of aliphatic hydroxyl groups is 1. The summed E-state index contributed by atoms with van der Waals surface area (Å²) in [6.07, 6.45) is 2.61. The molecule has 9 heteroatoms. The first kappa shape index (κ1) is 29.7. The van der Waals surface area contributed by atoms with Gasteiger partial charge in [-0.15, -0.1) is 11.8 Å². The number of nitrogens with zero attached hydrogens (tertiary/aromatic N) is 1. The summed E-state index contributed by atoms with van der Waals surface area (Å²) in [7, 11) is 0. The Morgan fingerprint density at radius 2 is 1.79 bits per heavy atom. The zero-order chi connectivity index (χ0) is 28.8. The fourth-order valence-electron chi connectivity index (χ4n) is 7.40. The first-order chi connectivity index (χ1) is 18.2. The molecule has 3 heterocycles. The molecule has 3 saturated heterocycles. The number of benzene rings is 1. The number of carbonyl (C=O) groups excluding carboxylic acids is 3. The number of ether oxygens (including phenoxy) is 1. The Balaban J connectivity index is 1.64. The number of amides is 3. The molecule has 1 aromatic carbocycles. The molecule has 1 aromatic rings. The molecule has 4 rings (SSSR count). The van der Waals surface area contributed by atoms with Gasteiger partial charge in [-0.3, -0.25) is 14.4 Å². The highest BCUT2D eigenvalue weighted by Crippen LogP contribution is 2.71. The number of aliphatic hydroxyl groups excluding tert-OH is 1. The molecular formula is C30H45N3O5S. The number of carbonyl (C=O) groups is 3. The second-order valence-electron chi connectivity index (χ2n) is 13.4. The normalized spacial score (nSPS) is 29.9. The number of hydrogen-bond acceptors (Lipinski definition) is 6. The lowest BCUT2D eigenvalue weighted by Crippen LogP contribution is -2.58. The minimum absolute atomic E-state index is 0.0117. The molecule has 5 atom stereocenters. The second-order valence-corrected chi connectivity index (χ2v) is 15.3. The molecule has 3 fully saturated rings. The van der Waals surface area contributed by atoms with Gasteiger partial charge in [0.2, 0.25) is 17.7 Å². The van der Waals surface area contributed by atoms with Crippen LogP contribution >= 0.6 is 11.8 Å². The molecule has 216 valence electrons. The summed E-state index contributed by atoms with van der Waals surface area (Å²) in [5.74, 6) is -0.935. The van der Waals surface area contributed by atoms with Gasteiger partial charge in [0.05, 0.1) is 23.2 Å².